The third kappa shape index (κ3) is 2.45. The Bertz CT molecular complexity index is 424. The van der Waals surface area contributed by atoms with Gasteiger partial charge in [0.1, 0.15) is 0 Å². The molecule has 0 saturated carbocycles. The van der Waals surface area contributed by atoms with Gasteiger partial charge in [-0.2, -0.15) is 5.26 Å². The fourth-order valence-electron chi connectivity index (χ4n) is 1.48. The van der Waals surface area contributed by atoms with Crippen molar-refractivity contribution in [2.45, 2.75) is 33.3 Å². The highest BCUT2D eigenvalue weighted by Gasteiger charge is 2.32. The molecule has 0 spiro atoms. The zero-order valence-corrected chi connectivity index (χ0v) is 11.4. The van der Waals surface area contributed by atoms with Crippen molar-refractivity contribution >= 4 is 15.9 Å². The topological polar surface area (TPSA) is 44.0 Å². The largest absolute Gasteiger partial charge is 0.387 e. The van der Waals surface area contributed by atoms with Crippen LogP contribution in [0.3, 0.4) is 0 Å². The first-order chi connectivity index (χ1) is 7.44. The van der Waals surface area contributed by atoms with Crippen molar-refractivity contribution in [3.63, 3.8) is 0 Å². The van der Waals surface area contributed by atoms with Crippen molar-refractivity contribution in [3.05, 3.63) is 33.8 Å². The Kier molecular flexibility index (Phi) is 4.12. The standard InChI is InChI=1S/C13H16BrNO/c1-4-13(3,8-15)12(16)10-6-5-9(2)11(14)7-10/h5-7,12,16H,4H2,1-3H3. The van der Waals surface area contributed by atoms with E-state index < -0.39 is 11.5 Å². The Labute approximate surface area is 105 Å². The van der Waals surface area contributed by atoms with Crippen LogP contribution < -0.4 is 0 Å². The summed E-state index contributed by atoms with van der Waals surface area (Å²) in [6, 6.07) is 7.89. The van der Waals surface area contributed by atoms with Gasteiger partial charge in [0.05, 0.1) is 17.6 Å². The summed E-state index contributed by atoms with van der Waals surface area (Å²) < 4.78 is 0.959. The lowest BCUT2D eigenvalue weighted by Crippen LogP contribution is -2.23. The molecule has 2 atom stereocenters. The van der Waals surface area contributed by atoms with E-state index in [2.05, 4.69) is 22.0 Å². The molecule has 0 radical (unpaired) electrons. The Morgan fingerprint density at radius 2 is 2.19 bits per heavy atom. The fraction of sp³-hybridized carbons (Fsp3) is 0.462. The number of halogens is 1. The molecule has 0 aromatic heterocycles. The first-order valence-corrected chi connectivity index (χ1v) is 6.09. The minimum Gasteiger partial charge on any atom is -0.387 e. The maximum atomic E-state index is 10.2. The highest BCUT2D eigenvalue weighted by Crippen LogP contribution is 2.37. The lowest BCUT2D eigenvalue weighted by atomic mass is 9.80. The highest BCUT2D eigenvalue weighted by molar-refractivity contribution is 9.10. The minimum absolute atomic E-state index is 0.621. The second kappa shape index (κ2) is 4.99. The summed E-state index contributed by atoms with van der Waals surface area (Å²) in [4.78, 5) is 0. The zero-order chi connectivity index (χ0) is 12.3. The quantitative estimate of drug-likeness (QED) is 0.918. The van der Waals surface area contributed by atoms with Crippen LogP contribution in [0.5, 0.6) is 0 Å². The molecule has 1 rings (SSSR count). The molecule has 3 heteroatoms. The van der Waals surface area contributed by atoms with Gasteiger partial charge in [-0.05, 0) is 37.5 Å². The number of aliphatic hydroxyl groups excluding tert-OH is 1. The van der Waals surface area contributed by atoms with Crippen molar-refractivity contribution in [1.29, 1.82) is 5.26 Å². The molecule has 0 bridgehead atoms. The Balaban J connectivity index is 3.10. The SMILES string of the molecule is CCC(C)(C#N)C(O)c1ccc(C)c(Br)c1. The second-order valence-electron chi connectivity index (χ2n) is 4.29. The van der Waals surface area contributed by atoms with E-state index in [9.17, 15) is 5.11 Å². The average Bonchev–Trinajstić information content (AvgIpc) is 2.30. The van der Waals surface area contributed by atoms with Crippen LogP contribution >= 0.6 is 15.9 Å². The Morgan fingerprint density at radius 1 is 1.56 bits per heavy atom. The van der Waals surface area contributed by atoms with Crippen LogP contribution in [0.25, 0.3) is 0 Å². The molecule has 0 amide bonds. The number of nitrogens with zero attached hydrogens (tertiary/aromatic N) is 1. The smallest absolute Gasteiger partial charge is 0.0973 e. The van der Waals surface area contributed by atoms with Gasteiger partial charge >= 0.3 is 0 Å². The third-order valence-electron chi connectivity index (χ3n) is 3.10. The van der Waals surface area contributed by atoms with E-state index in [0.29, 0.717) is 6.42 Å². The Hall–Kier alpha value is -0.850. The molecule has 0 saturated heterocycles. The van der Waals surface area contributed by atoms with Gasteiger partial charge in [0, 0.05) is 4.47 Å². The van der Waals surface area contributed by atoms with Crippen LogP contribution in [0.4, 0.5) is 0 Å². The van der Waals surface area contributed by atoms with Gasteiger partial charge in [0.2, 0.25) is 0 Å². The van der Waals surface area contributed by atoms with Gasteiger partial charge in [-0.3, -0.25) is 0 Å². The van der Waals surface area contributed by atoms with Gasteiger partial charge < -0.3 is 5.11 Å². The third-order valence-corrected chi connectivity index (χ3v) is 3.96. The number of aryl methyl sites for hydroxylation is 1. The molecule has 0 aliphatic heterocycles. The lowest BCUT2D eigenvalue weighted by Gasteiger charge is -2.26. The molecule has 2 unspecified atom stereocenters. The molecule has 1 N–H and O–H groups in total. The maximum Gasteiger partial charge on any atom is 0.0973 e. The predicted octanol–water partition coefficient (Wildman–Crippen LogP) is 3.73. The summed E-state index contributed by atoms with van der Waals surface area (Å²) in [7, 11) is 0. The number of benzene rings is 1. The number of hydrogen-bond donors (Lipinski definition) is 1. The number of rotatable bonds is 3. The number of nitriles is 1. The van der Waals surface area contributed by atoms with Crippen LogP contribution in [0, 0.1) is 23.7 Å². The van der Waals surface area contributed by atoms with E-state index in [1.54, 1.807) is 6.92 Å². The van der Waals surface area contributed by atoms with Gasteiger partial charge in [0.15, 0.2) is 0 Å². The normalized spacial score (nSPS) is 16.2. The van der Waals surface area contributed by atoms with Crippen LogP contribution in [0.15, 0.2) is 22.7 Å². The highest BCUT2D eigenvalue weighted by atomic mass is 79.9. The van der Waals surface area contributed by atoms with Crippen molar-refractivity contribution in [1.82, 2.24) is 0 Å². The zero-order valence-electron chi connectivity index (χ0n) is 9.79. The molecular weight excluding hydrogens is 266 g/mol. The van der Waals surface area contributed by atoms with E-state index in [1.807, 2.05) is 32.0 Å². The van der Waals surface area contributed by atoms with Gasteiger partial charge in [-0.15, -0.1) is 0 Å². The van der Waals surface area contributed by atoms with Crippen LogP contribution in [0.1, 0.15) is 37.5 Å². The van der Waals surface area contributed by atoms with Gasteiger partial charge in [0.25, 0.3) is 0 Å². The average molecular weight is 282 g/mol. The minimum atomic E-state index is -0.751. The van der Waals surface area contributed by atoms with Crippen molar-refractivity contribution < 1.29 is 5.11 Å². The molecule has 86 valence electrons. The molecular formula is C13H16BrNO. The van der Waals surface area contributed by atoms with E-state index in [4.69, 9.17) is 5.26 Å². The predicted molar refractivity (Wildman–Crippen MR) is 67.8 cm³/mol. The molecule has 1 aromatic carbocycles. The maximum absolute atomic E-state index is 10.2. The van der Waals surface area contributed by atoms with Crippen molar-refractivity contribution in [2.24, 2.45) is 5.41 Å². The molecule has 2 nitrogen and oxygen atoms in total. The van der Waals surface area contributed by atoms with E-state index in [0.717, 1.165) is 15.6 Å². The van der Waals surface area contributed by atoms with Gasteiger partial charge in [-0.25, -0.2) is 0 Å². The summed E-state index contributed by atoms with van der Waals surface area (Å²) in [5, 5.41) is 19.3. The molecule has 0 heterocycles. The van der Waals surface area contributed by atoms with Gasteiger partial charge in [-0.1, -0.05) is 35.0 Å². The van der Waals surface area contributed by atoms with E-state index >= 15 is 0 Å². The molecule has 16 heavy (non-hydrogen) atoms. The molecule has 0 fully saturated rings. The number of aliphatic hydroxyl groups is 1. The van der Waals surface area contributed by atoms with Crippen LogP contribution in [-0.2, 0) is 0 Å². The fourth-order valence-corrected chi connectivity index (χ4v) is 1.88. The van der Waals surface area contributed by atoms with E-state index in [1.165, 1.54) is 0 Å². The second-order valence-corrected chi connectivity index (χ2v) is 5.15. The first-order valence-electron chi connectivity index (χ1n) is 5.30. The monoisotopic (exact) mass is 281 g/mol. The summed E-state index contributed by atoms with van der Waals surface area (Å²) in [6.07, 6.45) is -0.129. The number of hydrogen-bond acceptors (Lipinski definition) is 2. The summed E-state index contributed by atoms with van der Waals surface area (Å²) in [6.45, 7) is 5.69. The van der Waals surface area contributed by atoms with Crippen molar-refractivity contribution in [3.8, 4) is 6.07 Å². The van der Waals surface area contributed by atoms with Crippen LogP contribution in [-0.4, -0.2) is 5.11 Å². The van der Waals surface area contributed by atoms with Crippen LogP contribution in [0.2, 0.25) is 0 Å². The van der Waals surface area contributed by atoms with E-state index in [-0.39, 0.29) is 0 Å². The molecule has 1 aromatic rings. The molecule has 0 aliphatic rings. The first kappa shape index (κ1) is 13.2. The molecule has 0 aliphatic carbocycles. The summed E-state index contributed by atoms with van der Waals surface area (Å²) >= 11 is 3.43. The Morgan fingerprint density at radius 3 is 2.62 bits per heavy atom. The van der Waals surface area contributed by atoms with Crippen molar-refractivity contribution in [2.75, 3.05) is 0 Å². The lowest BCUT2D eigenvalue weighted by molar-refractivity contribution is 0.0721. The summed E-state index contributed by atoms with van der Waals surface area (Å²) in [5.41, 5.74) is 1.17. The summed E-state index contributed by atoms with van der Waals surface area (Å²) in [5.74, 6) is 0.